The lowest BCUT2D eigenvalue weighted by Gasteiger charge is -2.28. The average molecular weight is 311 g/mol. The van der Waals surface area contributed by atoms with E-state index in [1.54, 1.807) is 0 Å². The van der Waals surface area contributed by atoms with Crippen molar-refractivity contribution in [2.24, 2.45) is 5.41 Å². The van der Waals surface area contributed by atoms with Crippen LogP contribution in [0.4, 0.5) is 0 Å². The number of epoxide rings is 1. The third-order valence-corrected chi connectivity index (χ3v) is 5.23. The van der Waals surface area contributed by atoms with Gasteiger partial charge in [-0.3, -0.25) is 0 Å². The minimum atomic E-state index is -0.171. The highest BCUT2D eigenvalue weighted by Gasteiger charge is 2.51. The van der Waals surface area contributed by atoms with Gasteiger partial charge in [0.1, 0.15) is 5.60 Å². The minimum absolute atomic E-state index is 0.0719. The second-order valence-corrected chi connectivity index (χ2v) is 6.91. The van der Waals surface area contributed by atoms with E-state index >= 15 is 0 Å². The molecule has 1 aliphatic carbocycles. The van der Waals surface area contributed by atoms with Crippen LogP contribution in [0.25, 0.3) is 12.2 Å². The number of ether oxygens (including phenoxy) is 1. The summed E-state index contributed by atoms with van der Waals surface area (Å²) in [6, 6.07) is 16.7. The van der Waals surface area contributed by atoms with Crippen LogP contribution in [0.2, 0.25) is 5.02 Å². The number of fused-ring (bicyclic) bond motifs is 1. The molecule has 0 N–H and O–H groups in total. The molecule has 2 aromatic rings. The van der Waals surface area contributed by atoms with Crippen molar-refractivity contribution in [3.8, 4) is 0 Å². The van der Waals surface area contributed by atoms with Crippen LogP contribution < -0.4 is 10.4 Å². The molecule has 1 saturated heterocycles. The van der Waals surface area contributed by atoms with Crippen molar-refractivity contribution in [1.29, 1.82) is 0 Å². The highest BCUT2D eigenvalue weighted by molar-refractivity contribution is 6.30. The van der Waals surface area contributed by atoms with Gasteiger partial charge in [-0.2, -0.15) is 0 Å². The maximum atomic E-state index is 6.17. The number of hydrogen-bond acceptors (Lipinski definition) is 1. The van der Waals surface area contributed by atoms with Gasteiger partial charge in [0.15, 0.2) is 0 Å². The van der Waals surface area contributed by atoms with E-state index < -0.39 is 0 Å². The summed E-state index contributed by atoms with van der Waals surface area (Å²) >= 11 is 6.17. The Balaban J connectivity index is 1.72. The highest BCUT2D eigenvalue weighted by Crippen LogP contribution is 2.50. The first-order valence-electron chi connectivity index (χ1n) is 7.86. The molecule has 1 aliphatic heterocycles. The fourth-order valence-electron chi connectivity index (χ4n) is 3.63. The van der Waals surface area contributed by atoms with Crippen molar-refractivity contribution in [2.45, 2.75) is 25.4 Å². The molecule has 0 radical (unpaired) electrons. The summed E-state index contributed by atoms with van der Waals surface area (Å²) < 4.78 is 5.93. The summed E-state index contributed by atoms with van der Waals surface area (Å²) in [4.78, 5) is 0. The lowest BCUT2D eigenvalue weighted by Crippen LogP contribution is -2.22. The molecule has 2 heteroatoms. The van der Waals surface area contributed by atoms with Crippen LogP contribution in [0.1, 0.15) is 25.3 Å². The molecule has 2 aromatic carbocycles. The number of halogens is 1. The van der Waals surface area contributed by atoms with E-state index in [1.807, 2.05) is 18.2 Å². The maximum Gasteiger partial charge on any atom is 0.118 e. The molecule has 2 aliphatic rings. The van der Waals surface area contributed by atoms with Gasteiger partial charge < -0.3 is 4.74 Å². The van der Waals surface area contributed by atoms with Gasteiger partial charge in [0.05, 0.1) is 6.61 Å². The van der Waals surface area contributed by atoms with Crippen LogP contribution in [0, 0.1) is 5.41 Å². The third-order valence-electron chi connectivity index (χ3n) is 5.00. The lowest BCUT2D eigenvalue weighted by atomic mass is 9.76. The Labute approximate surface area is 135 Å². The summed E-state index contributed by atoms with van der Waals surface area (Å²) in [6.45, 7) is 3.04. The predicted octanol–water partition coefficient (Wildman–Crippen LogP) is 3.63. The molecule has 1 atom stereocenters. The molecule has 0 bridgehead atoms. The summed E-state index contributed by atoms with van der Waals surface area (Å²) in [7, 11) is 0. The normalized spacial score (nSPS) is 24.3. The van der Waals surface area contributed by atoms with E-state index in [9.17, 15) is 0 Å². The molecule has 0 spiro atoms. The second-order valence-electron chi connectivity index (χ2n) is 6.47. The van der Waals surface area contributed by atoms with Gasteiger partial charge >= 0.3 is 0 Å². The molecule has 1 nitrogen and oxygen atoms in total. The lowest BCUT2D eigenvalue weighted by molar-refractivity contribution is 0.252. The Morgan fingerprint density at radius 1 is 1.05 bits per heavy atom. The van der Waals surface area contributed by atoms with Crippen LogP contribution in [-0.2, 0) is 10.3 Å². The number of rotatable bonds is 4. The SMILES string of the molecule is CCC1(CC2(c3cccc(Cl)c3)CO2)C=c2ccccc2=C1. The van der Waals surface area contributed by atoms with Gasteiger partial charge in [-0.15, -0.1) is 0 Å². The fraction of sp³-hybridized carbons (Fsp3) is 0.300. The standard InChI is InChI=1S/C20H19ClO/c1-2-19(11-15-6-3-4-7-16(15)12-19)13-20(14-22-20)17-8-5-9-18(21)10-17/h3-12H,2,13-14H2,1H3. The largest absolute Gasteiger partial charge is 0.364 e. The Kier molecular flexibility index (Phi) is 3.18. The van der Waals surface area contributed by atoms with Gasteiger partial charge in [0.25, 0.3) is 0 Å². The zero-order chi connectivity index (χ0) is 15.2. The quantitative estimate of drug-likeness (QED) is 0.786. The zero-order valence-corrected chi connectivity index (χ0v) is 13.4. The topological polar surface area (TPSA) is 12.5 Å². The second kappa shape index (κ2) is 4.97. The Morgan fingerprint density at radius 2 is 1.73 bits per heavy atom. The molecule has 0 amide bonds. The van der Waals surface area contributed by atoms with E-state index in [2.05, 4.69) is 49.4 Å². The van der Waals surface area contributed by atoms with Crippen molar-refractivity contribution in [3.63, 3.8) is 0 Å². The monoisotopic (exact) mass is 310 g/mol. The maximum absolute atomic E-state index is 6.17. The van der Waals surface area contributed by atoms with Crippen molar-refractivity contribution in [1.82, 2.24) is 0 Å². The van der Waals surface area contributed by atoms with Gasteiger partial charge in [0, 0.05) is 10.4 Å². The molecule has 1 unspecified atom stereocenters. The van der Waals surface area contributed by atoms with Crippen LogP contribution in [0.3, 0.4) is 0 Å². The molecule has 4 rings (SSSR count). The molecule has 112 valence electrons. The molecule has 0 aromatic heterocycles. The van der Waals surface area contributed by atoms with Crippen molar-refractivity contribution >= 4 is 23.8 Å². The van der Waals surface area contributed by atoms with Gasteiger partial charge in [-0.1, -0.05) is 67.1 Å². The summed E-state index contributed by atoms with van der Waals surface area (Å²) in [5.41, 5.74) is 1.10. The first-order valence-corrected chi connectivity index (χ1v) is 8.23. The van der Waals surface area contributed by atoms with Crippen molar-refractivity contribution in [3.05, 3.63) is 69.6 Å². The van der Waals surface area contributed by atoms with Crippen molar-refractivity contribution < 1.29 is 4.74 Å². The third kappa shape index (κ3) is 2.29. The fourth-order valence-corrected chi connectivity index (χ4v) is 3.82. The van der Waals surface area contributed by atoms with E-state index in [-0.39, 0.29) is 11.0 Å². The number of hydrogen-bond donors (Lipinski definition) is 0. The van der Waals surface area contributed by atoms with Crippen LogP contribution in [0.5, 0.6) is 0 Å². The first kappa shape index (κ1) is 14.0. The average Bonchev–Trinajstić information content (AvgIpc) is 3.20. The summed E-state index contributed by atoms with van der Waals surface area (Å²) in [5, 5.41) is 3.46. The van der Waals surface area contributed by atoms with Gasteiger partial charge in [0.2, 0.25) is 0 Å². The molecular formula is C20H19ClO. The van der Waals surface area contributed by atoms with E-state index in [0.717, 1.165) is 24.5 Å². The van der Waals surface area contributed by atoms with Gasteiger partial charge in [-0.25, -0.2) is 0 Å². The van der Waals surface area contributed by atoms with Crippen LogP contribution in [0.15, 0.2) is 48.5 Å². The van der Waals surface area contributed by atoms with Crippen molar-refractivity contribution in [2.75, 3.05) is 6.61 Å². The van der Waals surface area contributed by atoms with E-state index in [4.69, 9.17) is 16.3 Å². The Morgan fingerprint density at radius 3 is 2.27 bits per heavy atom. The molecular weight excluding hydrogens is 292 g/mol. The minimum Gasteiger partial charge on any atom is -0.364 e. The smallest absolute Gasteiger partial charge is 0.118 e. The number of benzene rings is 2. The molecule has 1 heterocycles. The van der Waals surface area contributed by atoms with E-state index in [1.165, 1.54) is 16.0 Å². The predicted molar refractivity (Wildman–Crippen MR) is 91.0 cm³/mol. The summed E-state index contributed by atoms with van der Waals surface area (Å²) in [6.07, 6.45) is 6.88. The molecule has 22 heavy (non-hydrogen) atoms. The molecule has 0 saturated carbocycles. The summed E-state index contributed by atoms with van der Waals surface area (Å²) in [5.74, 6) is 0. The van der Waals surface area contributed by atoms with Crippen LogP contribution >= 0.6 is 11.6 Å². The van der Waals surface area contributed by atoms with Crippen LogP contribution in [-0.4, -0.2) is 6.61 Å². The molecule has 1 fully saturated rings. The zero-order valence-electron chi connectivity index (χ0n) is 12.7. The Hall–Kier alpha value is -1.57. The van der Waals surface area contributed by atoms with E-state index in [0.29, 0.717) is 0 Å². The Bertz CT molecular complexity index is 798. The van der Waals surface area contributed by atoms with Gasteiger partial charge in [-0.05, 0) is 41.0 Å². The first-order chi connectivity index (χ1) is 10.6. The highest BCUT2D eigenvalue weighted by atomic mass is 35.5.